The number of halogens is 1. The molecule has 1 N–H and O–H groups in total. The molecule has 1 rings (SSSR count). The summed E-state index contributed by atoms with van der Waals surface area (Å²) in [4.78, 5) is 14.0. The highest BCUT2D eigenvalue weighted by Crippen LogP contribution is 2.11. The molecular weight excluding hydrogens is 240 g/mol. The molecule has 0 radical (unpaired) electrons. The number of unbranched alkanes of at least 4 members (excludes halogenated alkanes) is 1. The number of piperazine rings is 1. The number of hydrogen-bond donors (Lipinski definition) is 1. The molecule has 0 aromatic rings. The summed E-state index contributed by atoms with van der Waals surface area (Å²) < 4.78 is 4.97. The maximum Gasteiger partial charge on any atom is 0.222 e. The Labute approximate surface area is 110 Å². The molecule has 0 saturated carbocycles. The fourth-order valence-electron chi connectivity index (χ4n) is 2.07. The predicted octanol–water partition coefficient (Wildman–Crippen LogP) is 1.43. The van der Waals surface area contributed by atoms with Crippen LogP contribution >= 0.6 is 12.4 Å². The van der Waals surface area contributed by atoms with Crippen LogP contribution in [0, 0.1) is 0 Å². The first-order valence-electron chi connectivity index (χ1n) is 6.18. The van der Waals surface area contributed by atoms with Gasteiger partial charge in [-0.05, 0) is 26.7 Å². The van der Waals surface area contributed by atoms with Crippen LogP contribution in [-0.2, 0) is 9.53 Å². The number of carbonyl (C=O) groups is 1. The molecule has 1 heterocycles. The zero-order chi connectivity index (χ0) is 12.0. The van der Waals surface area contributed by atoms with Gasteiger partial charge >= 0.3 is 0 Å². The molecule has 0 spiro atoms. The van der Waals surface area contributed by atoms with E-state index in [1.54, 1.807) is 7.11 Å². The van der Waals surface area contributed by atoms with Crippen LogP contribution in [0.5, 0.6) is 0 Å². The van der Waals surface area contributed by atoms with Crippen LogP contribution in [0.4, 0.5) is 0 Å². The Kier molecular flexibility index (Phi) is 8.56. The third-order valence-electron chi connectivity index (χ3n) is 3.34. The van der Waals surface area contributed by atoms with E-state index in [9.17, 15) is 4.79 Å². The largest absolute Gasteiger partial charge is 0.385 e. The highest BCUT2D eigenvalue weighted by Gasteiger charge is 2.27. The monoisotopic (exact) mass is 264 g/mol. The Morgan fingerprint density at radius 2 is 2.12 bits per heavy atom. The second-order valence-corrected chi connectivity index (χ2v) is 4.52. The average molecular weight is 265 g/mol. The van der Waals surface area contributed by atoms with Crippen LogP contribution in [0.3, 0.4) is 0 Å². The van der Waals surface area contributed by atoms with Crippen molar-refractivity contribution in [1.82, 2.24) is 10.2 Å². The third-order valence-corrected chi connectivity index (χ3v) is 3.34. The van der Waals surface area contributed by atoms with Gasteiger partial charge < -0.3 is 15.0 Å². The molecule has 17 heavy (non-hydrogen) atoms. The predicted molar refractivity (Wildman–Crippen MR) is 71.6 cm³/mol. The summed E-state index contributed by atoms with van der Waals surface area (Å²) in [5.74, 6) is 0.289. The number of carbonyl (C=O) groups excluding carboxylic acids is 1. The quantitative estimate of drug-likeness (QED) is 0.764. The molecule has 1 saturated heterocycles. The van der Waals surface area contributed by atoms with E-state index in [2.05, 4.69) is 19.2 Å². The first kappa shape index (κ1) is 16.7. The van der Waals surface area contributed by atoms with Gasteiger partial charge in [-0.15, -0.1) is 12.4 Å². The molecule has 0 bridgehead atoms. The van der Waals surface area contributed by atoms with Crippen LogP contribution in [0.25, 0.3) is 0 Å². The normalized spacial score (nSPS) is 24.3. The minimum Gasteiger partial charge on any atom is -0.385 e. The minimum absolute atomic E-state index is 0. The Balaban J connectivity index is 0.00000256. The molecule has 5 heteroatoms. The first-order valence-corrected chi connectivity index (χ1v) is 6.18. The van der Waals surface area contributed by atoms with Crippen LogP contribution < -0.4 is 5.32 Å². The average Bonchev–Trinajstić information content (AvgIpc) is 2.28. The van der Waals surface area contributed by atoms with E-state index in [1.807, 2.05) is 4.90 Å². The zero-order valence-electron chi connectivity index (χ0n) is 11.1. The second-order valence-electron chi connectivity index (χ2n) is 4.52. The fourth-order valence-corrected chi connectivity index (χ4v) is 2.07. The van der Waals surface area contributed by atoms with Crippen molar-refractivity contribution in [3.05, 3.63) is 0 Å². The number of nitrogens with one attached hydrogen (secondary N) is 1. The van der Waals surface area contributed by atoms with Crippen LogP contribution in [0.15, 0.2) is 0 Å². The smallest absolute Gasteiger partial charge is 0.222 e. The number of methoxy groups -OCH3 is 1. The molecule has 1 aliphatic rings. The van der Waals surface area contributed by atoms with Crippen molar-refractivity contribution in [1.29, 1.82) is 0 Å². The van der Waals surface area contributed by atoms with Gasteiger partial charge in [0.2, 0.25) is 5.91 Å². The molecule has 102 valence electrons. The lowest BCUT2D eigenvalue weighted by Crippen LogP contribution is -2.57. The van der Waals surface area contributed by atoms with E-state index < -0.39 is 0 Å². The topological polar surface area (TPSA) is 41.6 Å². The summed E-state index contributed by atoms with van der Waals surface area (Å²) in [5.41, 5.74) is 0. The maximum absolute atomic E-state index is 12.0. The highest BCUT2D eigenvalue weighted by molar-refractivity contribution is 5.85. The van der Waals surface area contributed by atoms with E-state index in [0.717, 1.165) is 32.5 Å². The van der Waals surface area contributed by atoms with Gasteiger partial charge in [0.15, 0.2) is 0 Å². The van der Waals surface area contributed by atoms with Crippen LogP contribution in [-0.4, -0.2) is 49.7 Å². The standard InChI is InChI=1S/C12H24N2O2.ClH/c1-10-11(2)14(8-7-13-10)12(15)6-4-5-9-16-3;/h10-11,13H,4-9H2,1-3H3;1H. The summed E-state index contributed by atoms with van der Waals surface area (Å²) in [7, 11) is 1.70. The number of rotatable bonds is 5. The SMILES string of the molecule is COCCCCC(=O)N1CCNC(C)C1C.Cl. The van der Waals surface area contributed by atoms with E-state index in [0.29, 0.717) is 18.5 Å². The zero-order valence-corrected chi connectivity index (χ0v) is 11.9. The fraction of sp³-hybridized carbons (Fsp3) is 0.917. The summed E-state index contributed by atoms with van der Waals surface area (Å²) in [6.45, 7) is 6.75. The van der Waals surface area contributed by atoms with Gasteiger partial charge in [-0.25, -0.2) is 0 Å². The van der Waals surface area contributed by atoms with Crippen LogP contribution in [0.1, 0.15) is 33.1 Å². The maximum atomic E-state index is 12.0. The van der Waals surface area contributed by atoms with Gasteiger partial charge in [-0.1, -0.05) is 0 Å². The Hall–Kier alpha value is -0.320. The molecule has 2 unspecified atom stereocenters. The van der Waals surface area contributed by atoms with Gasteiger partial charge in [-0.2, -0.15) is 0 Å². The highest BCUT2D eigenvalue weighted by atomic mass is 35.5. The molecule has 2 atom stereocenters. The molecule has 1 fully saturated rings. The lowest BCUT2D eigenvalue weighted by atomic mass is 10.1. The van der Waals surface area contributed by atoms with Gasteiger partial charge in [0.25, 0.3) is 0 Å². The molecule has 4 nitrogen and oxygen atoms in total. The Morgan fingerprint density at radius 1 is 1.41 bits per heavy atom. The first-order chi connectivity index (χ1) is 7.66. The van der Waals surface area contributed by atoms with Crippen molar-refractivity contribution >= 4 is 18.3 Å². The molecular formula is C12H25ClN2O2. The number of ether oxygens (including phenoxy) is 1. The molecule has 1 aliphatic heterocycles. The van der Waals surface area contributed by atoms with E-state index in [1.165, 1.54) is 0 Å². The Morgan fingerprint density at radius 3 is 2.76 bits per heavy atom. The van der Waals surface area contributed by atoms with Gasteiger partial charge in [0.1, 0.15) is 0 Å². The lowest BCUT2D eigenvalue weighted by Gasteiger charge is -2.38. The van der Waals surface area contributed by atoms with Crippen molar-refractivity contribution in [2.75, 3.05) is 26.8 Å². The van der Waals surface area contributed by atoms with Crippen molar-refractivity contribution in [2.24, 2.45) is 0 Å². The number of amides is 1. The summed E-state index contributed by atoms with van der Waals surface area (Å²) >= 11 is 0. The van der Waals surface area contributed by atoms with Gasteiger partial charge in [0.05, 0.1) is 0 Å². The number of nitrogens with zero attached hydrogens (tertiary/aromatic N) is 1. The van der Waals surface area contributed by atoms with E-state index in [-0.39, 0.29) is 18.3 Å². The van der Waals surface area contributed by atoms with Crippen LogP contribution in [0.2, 0.25) is 0 Å². The minimum atomic E-state index is 0. The molecule has 0 aromatic carbocycles. The molecule has 1 amide bonds. The van der Waals surface area contributed by atoms with Crippen molar-refractivity contribution in [2.45, 2.75) is 45.2 Å². The number of hydrogen-bond acceptors (Lipinski definition) is 3. The summed E-state index contributed by atoms with van der Waals surface area (Å²) in [5, 5.41) is 3.38. The summed E-state index contributed by atoms with van der Waals surface area (Å²) in [6, 6.07) is 0.709. The van der Waals surface area contributed by atoms with Gasteiger partial charge in [0, 0.05) is 45.3 Å². The van der Waals surface area contributed by atoms with E-state index >= 15 is 0 Å². The second kappa shape index (κ2) is 8.72. The molecule has 0 aromatic heterocycles. The van der Waals surface area contributed by atoms with Crippen molar-refractivity contribution in [3.63, 3.8) is 0 Å². The Bertz CT molecular complexity index is 227. The van der Waals surface area contributed by atoms with Crippen molar-refractivity contribution < 1.29 is 9.53 Å². The summed E-state index contributed by atoms with van der Waals surface area (Å²) in [6.07, 6.45) is 2.55. The van der Waals surface area contributed by atoms with Crippen molar-refractivity contribution in [3.8, 4) is 0 Å². The van der Waals surface area contributed by atoms with E-state index in [4.69, 9.17) is 4.74 Å². The third kappa shape index (κ3) is 5.23. The van der Waals surface area contributed by atoms with Gasteiger partial charge in [-0.3, -0.25) is 4.79 Å². The lowest BCUT2D eigenvalue weighted by molar-refractivity contribution is -0.135. The molecule has 0 aliphatic carbocycles.